The summed E-state index contributed by atoms with van der Waals surface area (Å²) in [5.74, 6) is 0.403. The molecular formula is C17H28N2O. The topological polar surface area (TPSA) is 41.1 Å². The predicted molar refractivity (Wildman–Crippen MR) is 85.0 cm³/mol. The molecule has 1 aromatic carbocycles. The van der Waals surface area contributed by atoms with Crippen molar-refractivity contribution >= 4 is 5.91 Å². The Kier molecular flexibility index (Phi) is 7.97. The van der Waals surface area contributed by atoms with E-state index in [1.807, 2.05) is 0 Å². The minimum absolute atomic E-state index is 0.135. The Morgan fingerprint density at radius 1 is 1.10 bits per heavy atom. The maximum Gasteiger partial charge on any atom is 0.220 e. The standard InChI is InChI=1S/C17H28N2O/c1-4-10-18-11-12-19-17(20)13-14(3)16-8-6-15(5-2)7-9-16/h6-9,14,18H,4-5,10-13H2,1-3H3,(H,19,20). The van der Waals surface area contributed by atoms with E-state index in [2.05, 4.69) is 55.7 Å². The van der Waals surface area contributed by atoms with E-state index in [-0.39, 0.29) is 11.8 Å². The monoisotopic (exact) mass is 276 g/mol. The van der Waals surface area contributed by atoms with Gasteiger partial charge in [-0.3, -0.25) is 4.79 Å². The maximum absolute atomic E-state index is 11.8. The van der Waals surface area contributed by atoms with Gasteiger partial charge in [0.2, 0.25) is 5.91 Å². The highest BCUT2D eigenvalue weighted by Crippen LogP contribution is 2.19. The third kappa shape index (κ3) is 6.20. The molecule has 0 aliphatic rings. The third-order valence-corrected chi connectivity index (χ3v) is 3.50. The van der Waals surface area contributed by atoms with Gasteiger partial charge in [0, 0.05) is 19.5 Å². The molecule has 3 heteroatoms. The lowest BCUT2D eigenvalue weighted by Gasteiger charge is -2.13. The van der Waals surface area contributed by atoms with E-state index in [1.54, 1.807) is 0 Å². The molecule has 0 fully saturated rings. The Morgan fingerprint density at radius 2 is 1.80 bits per heavy atom. The molecule has 0 bridgehead atoms. The first-order chi connectivity index (χ1) is 9.67. The van der Waals surface area contributed by atoms with E-state index in [0.717, 1.165) is 25.9 Å². The summed E-state index contributed by atoms with van der Waals surface area (Å²) < 4.78 is 0. The van der Waals surface area contributed by atoms with E-state index < -0.39 is 0 Å². The van der Waals surface area contributed by atoms with Gasteiger partial charge in [0.15, 0.2) is 0 Å². The number of aryl methyl sites for hydroxylation is 1. The molecule has 0 aliphatic heterocycles. The van der Waals surface area contributed by atoms with Crippen molar-refractivity contribution in [1.82, 2.24) is 10.6 Å². The van der Waals surface area contributed by atoms with E-state index in [0.29, 0.717) is 13.0 Å². The predicted octanol–water partition coefficient (Wildman–Crippen LogP) is 2.86. The number of carbonyl (C=O) groups excluding carboxylic acids is 1. The smallest absolute Gasteiger partial charge is 0.220 e. The number of hydrogen-bond acceptors (Lipinski definition) is 2. The van der Waals surface area contributed by atoms with Crippen molar-refractivity contribution in [2.24, 2.45) is 0 Å². The first-order valence-corrected chi connectivity index (χ1v) is 7.73. The fraction of sp³-hybridized carbons (Fsp3) is 0.588. The molecule has 1 atom stereocenters. The quantitative estimate of drug-likeness (QED) is 0.681. The molecule has 1 rings (SSSR count). The minimum Gasteiger partial charge on any atom is -0.355 e. The van der Waals surface area contributed by atoms with E-state index in [1.165, 1.54) is 11.1 Å². The molecule has 3 nitrogen and oxygen atoms in total. The van der Waals surface area contributed by atoms with Crippen molar-refractivity contribution in [3.63, 3.8) is 0 Å². The molecule has 0 radical (unpaired) electrons. The van der Waals surface area contributed by atoms with Gasteiger partial charge in [-0.25, -0.2) is 0 Å². The molecule has 0 saturated heterocycles. The highest BCUT2D eigenvalue weighted by atomic mass is 16.1. The largest absolute Gasteiger partial charge is 0.355 e. The highest BCUT2D eigenvalue weighted by molar-refractivity contribution is 5.76. The summed E-state index contributed by atoms with van der Waals surface area (Å²) in [6, 6.07) is 8.58. The van der Waals surface area contributed by atoms with Crippen molar-refractivity contribution in [1.29, 1.82) is 0 Å². The number of rotatable bonds is 9. The summed E-state index contributed by atoms with van der Waals surface area (Å²) in [5.41, 5.74) is 2.58. The molecule has 0 saturated carbocycles. The van der Waals surface area contributed by atoms with E-state index in [4.69, 9.17) is 0 Å². The van der Waals surface area contributed by atoms with Gasteiger partial charge in [-0.05, 0) is 36.4 Å². The van der Waals surface area contributed by atoms with Gasteiger partial charge in [0.1, 0.15) is 0 Å². The minimum atomic E-state index is 0.135. The second kappa shape index (κ2) is 9.54. The van der Waals surface area contributed by atoms with Crippen LogP contribution in [0.5, 0.6) is 0 Å². The van der Waals surface area contributed by atoms with Gasteiger partial charge >= 0.3 is 0 Å². The van der Waals surface area contributed by atoms with Crippen LogP contribution in [0.2, 0.25) is 0 Å². The average molecular weight is 276 g/mol. The van der Waals surface area contributed by atoms with E-state index in [9.17, 15) is 4.79 Å². The van der Waals surface area contributed by atoms with Crippen molar-refractivity contribution in [2.75, 3.05) is 19.6 Å². The zero-order valence-electron chi connectivity index (χ0n) is 13.0. The Bertz CT molecular complexity index is 386. The van der Waals surface area contributed by atoms with Crippen LogP contribution in [0.25, 0.3) is 0 Å². The molecule has 1 amide bonds. The number of hydrogen-bond donors (Lipinski definition) is 2. The molecule has 0 aliphatic carbocycles. The Morgan fingerprint density at radius 3 is 2.40 bits per heavy atom. The van der Waals surface area contributed by atoms with Gasteiger partial charge in [0.05, 0.1) is 0 Å². The van der Waals surface area contributed by atoms with Gasteiger partial charge in [-0.2, -0.15) is 0 Å². The summed E-state index contributed by atoms with van der Waals surface area (Å²) >= 11 is 0. The van der Waals surface area contributed by atoms with Crippen LogP contribution in [0.1, 0.15) is 50.7 Å². The molecule has 0 spiro atoms. The van der Waals surface area contributed by atoms with E-state index >= 15 is 0 Å². The number of carbonyl (C=O) groups is 1. The zero-order valence-corrected chi connectivity index (χ0v) is 13.0. The zero-order chi connectivity index (χ0) is 14.8. The van der Waals surface area contributed by atoms with Crippen molar-refractivity contribution < 1.29 is 4.79 Å². The van der Waals surface area contributed by atoms with Crippen molar-refractivity contribution in [3.8, 4) is 0 Å². The lowest BCUT2D eigenvalue weighted by atomic mass is 9.96. The van der Waals surface area contributed by atoms with Crippen LogP contribution in [-0.2, 0) is 11.2 Å². The van der Waals surface area contributed by atoms with Crippen LogP contribution in [0.15, 0.2) is 24.3 Å². The summed E-state index contributed by atoms with van der Waals surface area (Å²) in [7, 11) is 0. The van der Waals surface area contributed by atoms with Gasteiger partial charge in [-0.15, -0.1) is 0 Å². The van der Waals surface area contributed by atoms with Gasteiger partial charge in [0.25, 0.3) is 0 Å². The molecular weight excluding hydrogens is 248 g/mol. The average Bonchev–Trinajstić information content (AvgIpc) is 2.47. The lowest BCUT2D eigenvalue weighted by Crippen LogP contribution is -2.32. The summed E-state index contributed by atoms with van der Waals surface area (Å²) in [5, 5.41) is 6.24. The highest BCUT2D eigenvalue weighted by Gasteiger charge is 2.10. The van der Waals surface area contributed by atoms with Gasteiger partial charge < -0.3 is 10.6 Å². The van der Waals surface area contributed by atoms with Crippen LogP contribution in [0, 0.1) is 0 Å². The molecule has 112 valence electrons. The van der Waals surface area contributed by atoms with Crippen LogP contribution >= 0.6 is 0 Å². The Hall–Kier alpha value is -1.35. The lowest BCUT2D eigenvalue weighted by molar-refractivity contribution is -0.121. The fourth-order valence-corrected chi connectivity index (χ4v) is 2.14. The second-order valence-electron chi connectivity index (χ2n) is 5.30. The van der Waals surface area contributed by atoms with Crippen LogP contribution in [0.3, 0.4) is 0 Å². The van der Waals surface area contributed by atoms with Crippen molar-refractivity contribution in [2.45, 2.75) is 46.0 Å². The fourth-order valence-electron chi connectivity index (χ4n) is 2.14. The summed E-state index contributed by atoms with van der Waals surface area (Å²) in [6.07, 6.45) is 2.73. The third-order valence-electron chi connectivity index (χ3n) is 3.50. The SMILES string of the molecule is CCCNCCNC(=O)CC(C)c1ccc(CC)cc1. The van der Waals surface area contributed by atoms with Crippen LogP contribution < -0.4 is 10.6 Å². The second-order valence-corrected chi connectivity index (χ2v) is 5.30. The summed E-state index contributed by atoms with van der Waals surface area (Å²) in [6.45, 7) is 8.96. The number of nitrogens with one attached hydrogen (secondary N) is 2. The number of amides is 1. The molecule has 2 N–H and O–H groups in total. The normalized spacial score (nSPS) is 12.2. The Balaban J connectivity index is 2.29. The molecule has 20 heavy (non-hydrogen) atoms. The van der Waals surface area contributed by atoms with Crippen LogP contribution in [0.4, 0.5) is 0 Å². The molecule has 1 aromatic rings. The molecule has 0 aromatic heterocycles. The summed E-state index contributed by atoms with van der Waals surface area (Å²) in [4.78, 5) is 11.8. The first kappa shape index (κ1) is 16.7. The number of benzene rings is 1. The van der Waals surface area contributed by atoms with Crippen molar-refractivity contribution in [3.05, 3.63) is 35.4 Å². The first-order valence-electron chi connectivity index (χ1n) is 7.73. The molecule has 1 unspecified atom stereocenters. The van der Waals surface area contributed by atoms with Gasteiger partial charge in [-0.1, -0.05) is 45.0 Å². The molecule has 0 heterocycles. The maximum atomic E-state index is 11.8. The Labute approximate surface area is 123 Å². The van der Waals surface area contributed by atoms with Crippen LogP contribution in [-0.4, -0.2) is 25.5 Å².